The highest BCUT2D eigenvalue weighted by molar-refractivity contribution is 7.90. The third-order valence-corrected chi connectivity index (χ3v) is 6.38. The van der Waals surface area contributed by atoms with Crippen molar-refractivity contribution in [3.05, 3.63) is 69.3 Å². The van der Waals surface area contributed by atoms with Gasteiger partial charge in [0.2, 0.25) is 0 Å². The summed E-state index contributed by atoms with van der Waals surface area (Å²) < 4.78 is 66.5. The van der Waals surface area contributed by atoms with Crippen LogP contribution in [0.15, 0.2) is 33.5 Å². The molecule has 3 aromatic rings. The van der Waals surface area contributed by atoms with E-state index >= 15 is 4.39 Å². The molecule has 1 amide bonds. The molecule has 37 heavy (non-hydrogen) atoms. The minimum Gasteiger partial charge on any atom is -0.422 e. The lowest BCUT2D eigenvalue weighted by Crippen LogP contribution is -2.27. The molecular formula is C24H26F2N4O6S. The third-order valence-electron chi connectivity index (χ3n) is 5.37. The maximum atomic E-state index is 15.2. The molecule has 0 unspecified atom stereocenters. The minimum absolute atomic E-state index is 0.0369. The number of alkyl halides is 1. The smallest absolute Gasteiger partial charge is 0.414 e. The number of ether oxygens (including phenoxy) is 1. The van der Waals surface area contributed by atoms with Crippen molar-refractivity contribution in [3.8, 4) is 5.75 Å². The van der Waals surface area contributed by atoms with Gasteiger partial charge in [0, 0.05) is 63.2 Å². The molecule has 13 heteroatoms. The minimum atomic E-state index is -4.02. The van der Waals surface area contributed by atoms with Gasteiger partial charge in [0.25, 0.3) is 10.2 Å². The zero-order chi connectivity index (χ0) is 27.3. The first-order chi connectivity index (χ1) is 17.5. The fraction of sp³-hybridized carbons (Fsp3) is 0.333. The van der Waals surface area contributed by atoms with Crippen molar-refractivity contribution in [2.75, 3.05) is 46.1 Å². The largest absolute Gasteiger partial charge is 0.422 e. The number of nitrogens with one attached hydrogen (secondary N) is 2. The fourth-order valence-electron chi connectivity index (χ4n) is 3.44. The summed E-state index contributed by atoms with van der Waals surface area (Å²) in [6.07, 6.45) is -0.891. The summed E-state index contributed by atoms with van der Waals surface area (Å²) in [6.45, 7) is -0.414. The first-order valence-electron chi connectivity index (χ1n) is 11.0. The first kappa shape index (κ1) is 27.9. The van der Waals surface area contributed by atoms with E-state index in [9.17, 15) is 22.4 Å². The number of nitrogens with zero attached hydrogens (tertiary/aromatic N) is 2. The number of amides is 1. The Bertz CT molecular complexity index is 1460. The van der Waals surface area contributed by atoms with E-state index in [0.717, 1.165) is 7.05 Å². The van der Waals surface area contributed by atoms with Crippen LogP contribution in [0, 0.1) is 17.9 Å². The third kappa shape index (κ3) is 6.73. The number of carbonyl (C=O) groups is 1. The summed E-state index contributed by atoms with van der Waals surface area (Å²) in [4.78, 5) is 27.9. The molecule has 0 radical (unpaired) electrons. The zero-order valence-corrected chi connectivity index (χ0v) is 21.5. The molecule has 3 rings (SSSR count). The lowest BCUT2D eigenvalue weighted by Gasteiger charge is -2.19. The van der Waals surface area contributed by atoms with Crippen molar-refractivity contribution in [2.45, 2.75) is 13.0 Å². The Balaban J connectivity index is 2.11. The number of fused-ring (bicyclic) bond motifs is 1. The number of hydrogen-bond donors (Lipinski definition) is 2. The number of anilines is 1. The maximum absolute atomic E-state index is 15.2. The molecule has 1 heterocycles. The van der Waals surface area contributed by atoms with E-state index in [2.05, 4.69) is 12.1 Å². The topological polar surface area (TPSA) is 121 Å². The zero-order valence-electron chi connectivity index (χ0n) is 20.6. The van der Waals surface area contributed by atoms with Gasteiger partial charge in [0.05, 0.1) is 0 Å². The second kappa shape index (κ2) is 11.5. The lowest BCUT2D eigenvalue weighted by molar-refractivity contribution is 0.172. The Labute approximate surface area is 213 Å². The molecule has 0 saturated heterocycles. The van der Waals surface area contributed by atoms with Gasteiger partial charge in [-0.3, -0.25) is 9.62 Å². The highest BCUT2D eigenvalue weighted by Crippen LogP contribution is 2.28. The van der Waals surface area contributed by atoms with Gasteiger partial charge in [-0.05, 0) is 36.9 Å². The van der Waals surface area contributed by atoms with Gasteiger partial charge in [-0.25, -0.2) is 23.1 Å². The van der Waals surface area contributed by atoms with Gasteiger partial charge < -0.3 is 14.1 Å². The normalized spacial score (nSPS) is 11.4. The Hall–Kier alpha value is -3.73. The SMILES string of the molecule is CNS(=O)(=O)Nc1c#ccc(Cc2c(CN(C)CCF)c3ccc(OC(=O)N(C)C)cc3oc2=O)c1F. The van der Waals surface area contributed by atoms with Crippen LogP contribution in [0.4, 0.5) is 19.3 Å². The number of halogens is 2. The van der Waals surface area contributed by atoms with Crippen LogP contribution in [-0.4, -0.2) is 65.7 Å². The van der Waals surface area contributed by atoms with E-state index in [-0.39, 0.29) is 42.0 Å². The summed E-state index contributed by atoms with van der Waals surface area (Å²) in [5, 5.41) is 0.480. The summed E-state index contributed by atoms with van der Waals surface area (Å²) in [7, 11) is 1.82. The summed E-state index contributed by atoms with van der Waals surface area (Å²) in [5.74, 6) is -0.794. The molecular weight excluding hydrogens is 510 g/mol. The van der Waals surface area contributed by atoms with Crippen molar-refractivity contribution in [3.63, 3.8) is 0 Å². The number of carbonyl (C=O) groups excluding carboxylic acids is 1. The second-order valence-electron chi connectivity index (χ2n) is 8.31. The van der Waals surface area contributed by atoms with Crippen LogP contribution in [0.1, 0.15) is 16.7 Å². The van der Waals surface area contributed by atoms with Crippen LogP contribution in [0.3, 0.4) is 0 Å². The summed E-state index contributed by atoms with van der Waals surface area (Å²) in [6, 6.07) is 10.6. The van der Waals surface area contributed by atoms with Gasteiger partial charge in [0.15, 0.2) is 5.82 Å². The van der Waals surface area contributed by atoms with Crippen molar-refractivity contribution >= 4 is 33.0 Å². The van der Waals surface area contributed by atoms with Crippen molar-refractivity contribution < 1.29 is 31.1 Å². The Morgan fingerprint density at radius 2 is 1.95 bits per heavy atom. The number of hydrogen-bond acceptors (Lipinski definition) is 7. The summed E-state index contributed by atoms with van der Waals surface area (Å²) in [5.41, 5.74) is -0.616. The molecule has 0 fully saturated rings. The highest BCUT2D eigenvalue weighted by Gasteiger charge is 2.21. The lowest BCUT2D eigenvalue weighted by atomic mass is 9.97. The molecule has 0 aliphatic heterocycles. The Morgan fingerprint density at radius 3 is 2.59 bits per heavy atom. The summed E-state index contributed by atoms with van der Waals surface area (Å²) >= 11 is 0. The van der Waals surface area contributed by atoms with Crippen molar-refractivity contribution in [2.24, 2.45) is 0 Å². The molecule has 0 bridgehead atoms. The van der Waals surface area contributed by atoms with Crippen LogP contribution < -0.4 is 19.8 Å². The van der Waals surface area contributed by atoms with E-state index in [4.69, 9.17) is 9.15 Å². The van der Waals surface area contributed by atoms with Gasteiger partial charge in [0.1, 0.15) is 23.7 Å². The first-order valence-corrected chi connectivity index (χ1v) is 12.5. The molecule has 0 atom stereocenters. The standard InChI is InChI=1S/C24H26F2N4O6S/c1-27-37(33,34)28-20-7-5-6-15(22(20)26)12-18-19(14-30(4)11-10-25)17-9-8-16(35-24(32)29(2)3)13-21(17)36-23(18)31/h6,8-9,13,27-28H,10-12,14H2,1-4H3. The predicted octanol–water partition coefficient (Wildman–Crippen LogP) is 2.46. The predicted molar refractivity (Wildman–Crippen MR) is 133 cm³/mol. The van der Waals surface area contributed by atoms with Crippen LogP contribution in [0.2, 0.25) is 0 Å². The Morgan fingerprint density at radius 1 is 1.22 bits per heavy atom. The highest BCUT2D eigenvalue weighted by atomic mass is 32.2. The molecule has 0 aliphatic carbocycles. The molecule has 2 aromatic carbocycles. The van der Waals surface area contributed by atoms with E-state index in [1.54, 1.807) is 18.0 Å². The van der Waals surface area contributed by atoms with Gasteiger partial charge in [-0.1, -0.05) is 6.07 Å². The van der Waals surface area contributed by atoms with Crippen LogP contribution >= 0.6 is 0 Å². The molecule has 198 valence electrons. The number of rotatable bonds is 10. The van der Waals surface area contributed by atoms with Crippen LogP contribution in [0.5, 0.6) is 5.75 Å². The molecule has 10 nitrogen and oxygen atoms in total. The fourth-order valence-corrected chi connectivity index (χ4v) is 3.95. The van der Waals surface area contributed by atoms with Gasteiger partial charge >= 0.3 is 11.7 Å². The molecule has 1 aromatic heterocycles. The van der Waals surface area contributed by atoms with Crippen molar-refractivity contribution in [1.82, 2.24) is 14.5 Å². The van der Waals surface area contributed by atoms with E-state index in [1.165, 1.54) is 37.2 Å². The van der Waals surface area contributed by atoms with E-state index in [1.807, 2.05) is 9.44 Å². The van der Waals surface area contributed by atoms with Crippen LogP contribution in [-0.2, 0) is 23.2 Å². The molecule has 0 saturated carbocycles. The monoisotopic (exact) mass is 536 g/mol. The average Bonchev–Trinajstić information content (AvgIpc) is 2.83. The van der Waals surface area contributed by atoms with Crippen molar-refractivity contribution in [1.29, 1.82) is 0 Å². The Kier molecular flexibility index (Phi) is 8.69. The second-order valence-corrected chi connectivity index (χ2v) is 9.93. The van der Waals surface area contributed by atoms with Gasteiger partial charge in [-0.15, -0.1) is 0 Å². The molecule has 0 aliphatic rings. The van der Waals surface area contributed by atoms with Crippen LogP contribution in [0.25, 0.3) is 11.0 Å². The maximum Gasteiger partial charge on any atom is 0.414 e. The number of benzene rings is 1. The van der Waals surface area contributed by atoms with Gasteiger partial charge in [-0.2, -0.15) is 8.42 Å². The molecule has 2 N–H and O–H groups in total. The average molecular weight is 537 g/mol. The van der Waals surface area contributed by atoms with E-state index in [0.29, 0.717) is 10.9 Å². The van der Waals surface area contributed by atoms with E-state index < -0.39 is 40.1 Å². The molecule has 0 spiro atoms. The quantitative estimate of drug-likeness (QED) is 0.382.